The summed E-state index contributed by atoms with van der Waals surface area (Å²) in [5.41, 5.74) is 1.68. The van der Waals surface area contributed by atoms with Crippen molar-refractivity contribution in [3.63, 3.8) is 0 Å². The average Bonchev–Trinajstić information content (AvgIpc) is 3.16. The molecule has 0 atom stereocenters. The van der Waals surface area contributed by atoms with Crippen molar-refractivity contribution in [2.75, 3.05) is 6.61 Å². The van der Waals surface area contributed by atoms with Gasteiger partial charge in [-0.15, -0.1) is 22.7 Å². The third-order valence-corrected chi connectivity index (χ3v) is 5.91. The summed E-state index contributed by atoms with van der Waals surface area (Å²) in [5.74, 6) is -0.831. The fourth-order valence-corrected chi connectivity index (χ4v) is 4.45. The van der Waals surface area contributed by atoms with Gasteiger partial charge in [-0.25, -0.2) is 9.18 Å². The number of carbonyl (C=O) groups excluding carboxylic acids is 1. The number of hydrogen-bond donors (Lipinski definition) is 0. The van der Waals surface area contributed by atoms with E-state index in [9.17, 15) is 14.0 Å². The molecule has 140 valence electrons. The maximum atomic E-state index is 13.2. The zero-order chi connectivity index (χ0) is 19.4. The number of halogens is 1. The summed E-state index contributed by atoms with van der Waals surface area (Å²) < 4.78 is 20.7. The minimum Gasteiger partial charge on any atom is -0.463 e. The van der Waals surface area contributed by atoms with Crippen LogP contribution in [0.2, 0.25) is 0 Å². The van der Waals surface area contributed by atoms with Crippen LogP contribution in [0.3, 0.4) is 0 Å². The van der Waals surface area contributed by atoms with Crippen LogP contribution >= 0.6 is 22.7 Å². The van der Waals surface area contributed by atoms with E-state index in [1.54, 1.807) is 30.4 Å². The third kappa shape index (κ3) is 4.61. The number of esters is 1. The topological polar surface area (TPSA) is 48.3 Å². The lowest BCUT2D eigenvalue weighted by molar-refractivity contribution is -0.135. The molecule has 0 fully saturated rings. The lowest BCUT2D eigenvalue weighted by atomic mass is 10.2. The summed E-state index contributed by atoms with van der Waals surface area (Å²) in [6.45, 7) is 4.22. The number of hydrogen-bond acceptors (Lipinski definition) is 5. The van der Waals surface area contributed by atoms with E-state index in [-0.39, 0.29) is 24.5 Å². The van der Waals surface area contributed by atoms with Gasteiger partial charge in [-0.2, -0.15) is 0 Å². The minimum absolute atomic E-state index is 0.187. The maximum Gasteiger partial charge on any atom is 0.333 e. The smallest absolute Gasteiger partial charge is 0.333 e. The highest BCUT2D eigenvalue weighted by molar-refractivity contribution is 7.11. The van der Waals surface area contributed by atoms with Crippen molar-refractivity contribution in [1.82, 2.24) is 4.57 Å². The third-order valence-electron chi connectivity index (χ3n) is 3.88. The number of rotatable bonds is 5. The molecule has 7 heteroatoms. The fourth-order valence-electron chi connectivity index (χ4n) is 2.50. The Hall–Kier alpha value is -2.51. The second-order valence-electron chi connectivity index (χ2n) is 5.83. The number of aryl methyl sites for hydroxylation is 1. The average molecular weight is 404 g/mol. The first kappa shape index (κ1) is 19.3. The van der Waals surface area contributed by atoms with Gasteiger partial charge in [-0.05, 0) is 54.6 Å². The van der Waals surface area contributed by atoms with E-state index in [0.717, 1.165) is 16.0 Å². The Balaban J connectivity index is 2.13. The van der Waals surface area contributed by atoms with Gasteiger partial charge in [0.25, 0.3) is 5.56 Å². The monoisotopic (exact) mass is 403 g/mol. The summed E-state index contributed by atoms with van der Waals surface area (Å²) in [4.78, 5) is 25.9. The van der Waals surface area contributed by atoms with Gasteiger partial charge in [0.1, 0.15) is 10.5 Å². The molecule has 0 aliphatic heterocycles. The molecule has 2 aromatic heterocycles. The highest BCUT2D eigenvalue weighted by Gasteiger charge is 2.09. The van der Waals surface area contributed by atoms with E-state index >= 15 is 0 Å². The molecule has 3 aromatic rings. The normalized spacial score (nSPS) is 12.6. The predicted octanol–water partition coefficient (Wildman–Crippen LogP) is 2.64. The van der Waals surface area contributed by atoms with Crippen molar-refractivity contribution in [2.24, 2.45) is 0 Å². The van der Waals surface area contributed by atoms with Gasteiger partial charge >= 0.3 is 5.97 Å². The second-order valence-corrected chi connectivity index (χ2v) is 7.84. The molecule has 0 radical (unpaired) electrons. The molecule has 2 heterocycles. The van der Waals surface area contributed by atoms with Gasteiger partial charge in [-0.3, -0.25) is 9.36 Å². The number of benzene rings is 1. The molecule has 0 spiro atoms. The summed E-state index contributed by atoms with van der Waals surface area (Å²) in [5, 5.41) is 1.97. The summed E-state index contributed by atoms with van der Waals surface area (Å²) >= 11 is 2.80. The second kappa shape index (κ2) is 8.45. The molecule has 0 saturated carbocycles. The number of carbonyl (C=O) groups is 1. The van der Waals surface area contributed by atoms with E-state index in [4.69, 9.17) is 4.74 Å². The van der Waals surface area contributed by atoms with Gasteiger partial charge < -0.3 is 4.74 Å². The Kier molecular flexibility index (Phi) is 6.03. The highest BCUT2D eigenvalue weighted by atomic mass is 32.1. The van der Waals surface area contributed by atoms with Crippen molar-refractivity contribution >= 4 is 40.8 Å². The Morgan fingerprint density at radius 2 is 2.00 bits per heavy atom. The van der Waals surface area contributed by atoms with E-state index in [2.05, 4.69) is 0 Å². The summed E-state index contributed by atoms with van der Waals surface area (Å²) in [6, 6.07) is 7.95. The molecule has 0 unspecified atom stereocenters. The lowest BCUT2D eigenvalue weighted by Gasteiger charge is -2.03. The molecular weight excluding hydrogens is 385 g/mol. The van der Waals surface area contributed by atoms with Crippen LogP contribution in [-0.2, 0) is 16.1 Å². The van der Waals surface area contributed by atoms with Gasteiger partial charge in [-0.1, -0.05) is 12.1 Å². The van der Waals surface area contributed by atoms with Gasteiger partial charge in [0, 0.05) is 4.88 Å². The quantitative estimate of drug-likeness (QED) is 0.616. The van der Waals surface area contributed by atoms with Crippen molar-refractivity contribution in [2.45, 2.75) is 20.4 Å². The Morgan fingerprint density at radius 3 is 2.63 bits per heavy atom. The minimum atomic E-state index is -0.495. The standard InChI is InChI=1S/C20H18FNO3S2/c1-3-25-19(23)11-18-22(12-14-4-6-15(21)7-5-14)20(24)17(27-18)10-16-13(2)8-9-26-16/h4-11H,3,12H2,1-2H3/b17-10+,18-11+. The van der Waals surface area contributed by atoms with Crippen molar-refractivity contribution in [3.8, 4) is 0 Å². The van der Waals surface area contributed by atoms with Crippen molar-refractivity contribution in [1.29, 1.82) is 0 Å². The van der Waals surface area contributed by atoms with Crippen molar-refractivity contribution < 1.29 is 13.9 Å². The van der Waals surface area contributed by atoms with Crippen LogP contribution in [0, 0.1) is 12.7 Å². The number of thiazole rings is 1. The zero-order valence-corrected chi connectivity index (χ0v) is 16.5. The van der Waals surface area contributed by atoms with Crippen LogP contribution in [0.4, 0.5) is 4.39 Å². The molecule has 0 aliphatic carbocycles. The number of ether oxygens (including phenoxy) is 1. The summed E-state index contributed by atoms with van der Waals surface area (Å²) in [6.07, 6.45) is 3.17. The van der Waals surface area contributed by atoms with Gasteiger partial charge in [0.15, 0.2) is 0 Å². The van der Waals surface area contributed by atoms with E-state index in [1.165, 1.54) is 34.1 Å². The van der Waals surface area contributed by atoms with Crippen LogP contribution < -0.4 is 14.8 Å². The predicted molar refractivity (Wildman–Crippen MR) is 107 cm³/mol. The van der Waals surface area contributed by atoms with E-state index in [0.29, 0.717) is 9.20 Å². The molecule has 0 aliphatic rings. The molecule has 0 saturated heterocycles. The number of thiophene rings is 1. The Labute approximate surface area is 163 Å². The number of nitrogens with zero attached hydrogens (tertiary/aromatic N) is 1. The van der Waals surface area contributed by atoms with Crippen LogP contribution in [-0.4, -0.2) is 17.1 Å². The SMILES string of the molecule is CCOC(=O)/C=c1/s/c(=C/c2sccc2C)c(=O)n1Cc1ccc(F)cc1. The first-order chi connectivity index (χ1) is 13.0. The van der Waals surface area contributed by atoms with E-state index in [1.807, 2.05) is 24.4 Å². The van der Waals surface area contributed by atoms with Crippen LogP contribution in [0.5, 0.6) is 0 Å². The molecule has 0 bridgehead atoms. The summed E-state index contributed by atoms with van der Waals surface area (Å²) in [7, 11) is 0. The molecule has 27 heavy (non-hydrogen) atoms. The van der Waals surface area contributed by atoms with Gasteiger partial charge in [0.2, 0.25) is 0 Å². The first-order valence-corrected chi connectivity index (χ1v) is 10.1. The molecule has 1 aromatic carbocycles. The molecule has 0 N–H and O–H groups in total. The van der Waals surface area contributed by atoms with E-state index < -0.39 is 5.97 Å². The Morgan fingerprint density at radius 1 is 1.26 bits per heavy atom. The molecule has 4 nitrogen and oxygen atoms in total. The molecule has 0 amide bonds. The fraction of sp³-hybridized carbons (Fsp3) is 0.200. The van der Waals surface area contributed by atoms with Crippen LogP contribution in [0.1, 0.15) is 22.9 Å². The van der Waals surface area contributed by atoms with Crippen LogP contribution in [0.15, 0.2) is 40.5 Å². The lowest BCUT2D eigenvalue weighted by Crippen LogP contribution is -2.32. The number of aromatic nitrogens is 1. The Bertz CT molecular complexity index is 1120. The molecular formula is C20H18FNO3S2. The first-order valence-electron chi connectivity index (χ1n) is 8.36. The molecule has 3 rings (SSSR count). The maximum absolute atomic E-state index is 13.2. The zero-order valence-electron chi connectivity index (χ0n) is 14.9. The largest absolute Gasteiger partial charge is 0.463 e. The van der Waals surface area contributed by atoms with Gasteiger partial charge in [0.05, 0.1) is 23.8 Å². The highest BCUT2D eigenvalue weighted by Crippen LogP contribution is 2.15. The van der Waals surface area contributed by atoms with Crippen LogP contribution in [0.25, 0.3) is 12.2 Å². The van der Waals surface area contributed by atoms with Crippen molar-refractivity contribution in [3.05, 3.63) is 77.1 Å².